The van der Waals surface area contributed by atoms with Gasteiger partial charge >= 0.3 is 11.9 Å². The van der Waals surface area contributed by atoms with E-state index in [2.05, 4.69) is 69.9 Å². The maximum absolute atomic E-state index is 11.0. The van der Waals surface area contributed by atoms with E-state index in [4.69, 9.17) is 6.42 Å². The van der Waals surface area contributed by atoms with Crippen LogP contribution < -0.4 is 0 Å². The first-order chi connectivity index (χ1) is 9.24. The first-order valence-corrected chi connectivity index (χ1v) is 4.94. The summed E-state index contributed by atoms with van der Waals surface area (Å²) in [5.41, 5.74) is 0. The fourth-order valence-corrected chi connectivity index (χ4v) is 0.963. The largest absolute Gasteiger partial charge is 0.392 e. The highest BCUT2D eigenvalue weighted by Crippen LogP contribution is 2.13. The second-order valence-electron chi connectivity index (χ2n) is 2.96. The van der Waals surface area contributed by atoms with Crippen LogP contribution in [0.5, 0.6) is 0 Å². The van der Waals surface area contributed by atoms with Crippen molar-refractivity contribution in [1.82, 2.24) is 0 Å². The van der Waals surface area contributed by atoms with Crippen LogP contribution >= 0.6 is 0 Å². The second kappa shape index (κ2) is 7.72. The normalized spacial score (nSPS) is 14.2. The van der Waals surface area contributed by atoms with Gasteiger partial charge in [0.1, 0.15) is 5.92 Å². The fourth-order valence-electron chi connectivity index (χ4n) is 0.963. The highest BCUT2D eigenvalue weighted by molar-refractivity contribution is 5.96. The molecule has 1 rings (SSSR count). The van der Waals surface area contributed by atoms with Crippen LogP contribution in [0.3, 0.4) is 0 Å². The van der Waals surface area contributed by atoms with Crippen LogP contribution in [0.15, 0.2) is 0 Å². The van der Waals surface area contributed by atoms with Gasteiger partial charge in [0, 0.05) is 15.7 Å². The van der Waals surface area contributed by atoms with E-state index in [1.54, 1.807) is 0 Å². The van der Waals surface area contributed by atoms with E-state index < -0.39 is 17.9 Å². The summed E-state index contributed by atoms with van der Waals surface area (Å²) in [6.45, 7) is 0. The number of cyclic esters (lactones) is 2. The third-order valence-corrected chi connectivity index (χ3v) is 1.69. The molecule has 0 N–H and O–H groups in total. The summed E-state index contributed by atoms with van der Waals surface area (Å²) in [6.07, 6.45) is 4.85. The number of esters is 2. The molecular weight excluding hydrogens is 240 g/mol. The predicted molar refractivity (Wildman–Crippen MR) is 90.2 cm³/mol. The molecule has 0 radical (unpaired) electrons. The van der Waals surface area contributed by atoms with Gasteiger partial charge in [-0.25, -0.2) is 0 Å². The van der Waals surface area contributed by atoms with Gasteiger partial charge in [-0.2, -0.15) is 0 Å². The molecule has 1 aliphatic rings. The smallest absolute Gasteiger partial charge is 0.329 e. The zero-order valence-corrected chi connectivity index (χ0v) is 9.59. The highest BCUT2D eigenvalue weighted by Gasteiger charge is 2.31. The number of hydrogen-bond donors (Lipinski definition) is 0. The number of hydrogen-bond acceptors (Lipinski definition) is 3. The molecule has 1 heterocycles. The molecule has 0 saturated carbocycles. The number of carbonyl (C=O) groups excluding carboxylic acids is 2. The van der Waals surface area contributed by atoms with Gasteiger partial charge in [-0.15, -0.1) is 6.42 Å². The summed E-state index contributed by atoms with van der Waals surface area (Å²) in [4.78, 5) is 21.7. The first-order valence-electron chi connectivity index (χ1n) is 4.94. The van der Waals surface area contributed by atoms with E-state index >= 15 is 0 Å². The lowest BCUT2D eigenvalue weighted by Gasteiger charge is -1.87. The van der Waals surface area contributed by atoms with Crippen LogP contribution in [-0.4, -0.2) is 11.9 Å². The average Bonchev–Trinajstić information content (AvgIpc) is 2.70. The topological polar surface area (TPSA) is 43.4 Å². The molecule has 3 heteroatoms. The van der Waals surface area contributed by atoms with Gasteiger partial charge in [0.05, 0.1) is 6.42 Å². The van der Waals surface area contributed by atoms with Gasteiger partial charge in [-0.3, -0.25) is 9.59 Å². The van der Waals surface area contributed by atoms with Crippen molar-refractivity contribution in [1.29, 1.82) is 0 Å². The molecule has 0 bridgehead atoms. The minimum Gasteiger partial charge on any atom is -0.392 e. The molecule has 0 aromatic carbocycles. The summed E-state index contributed by atoms with van der Waals surface area (Å²) in [6, 6.07) is 0. The molecule has 108 valence electrons. The van der Waals surface area contributed by atoms with Crippen LogP contribution in [0, 0.1) is 77.5 Å². The van der Waals surface area contributed by atoms with Gasteiger partial charge in [0.15, 0.2) is 0 Å². The Morgan fingerprint density at radius 2 is 1.47 bits per heavy atom. The van der Waals surface area contributed by atoms with Crippen LogP contribution in [0.2, 0.25) is 0 Å². The van der Waals surface area contributed by atoms with Crippen molar-refractivity contribution in [3.05, 3.63) is 0 Å². The van der Waals surface area contributed by atoms with E-state index in [1.807, 2.05) is 0 Å². The van der Waals surface area contributed by atoms with Crippen molar-refractivity contribution in [2.45, 2.75) is 6.42 Å². The molecular formula is C16H26O3. The van der Waals surface area contributed by atoms with E-state index in [9.17, 15) is 9.59 Å². The van der Waals surface area contributed by atoms with Gasteiger partial charge < -0.3 is 4.74 Å². The van der Waals surface area contributed by atoms with Crippen molar-refractivity contribution in [3.8, 4) is 71.5 Å². The Kier molecular flexibility index (Phi) is 5.51. The molecule has 0 aromatic rings. The van der Waals surface area contributed by atoms with Crippen molar-refractivity contribution in [2.75, 3.05) is 0 Å². The molecule has 1 aliphatic heterocycles. The van der Waals surface area contributed by atoms with Gasteiger partial charge in [0.2, 0.25) is 0 Å². The lowest BCUT2D eigenvalue weighted by atomic mass is 10.1. The maximum atomic E-state index is 11.0. The van der Waals surface area contributed by atoms with E-state index in [0.29, 0.717) is 0 Å². The molecule has 1 atom stereocenters. The third-order valence-electron chi connectivity index (χ3n) is 1.69. The van der Waals surface area contributed by atoms with Crippen molar-refractivity contribution in [2.24, 2.45) is 5.92 Å². The molecule has 1 unspecified atom stereocenters. The standard InChI is InChI=1S/C16H4O3.11H2/c1-2-3-4-5-6-7-8-9-10-11-12-14-13-15(17)19-16(14)18;;;;;;;;;;;/h1,14H,13H2;11*1H. The van der Waals surface area contributed by atoms with Gasteiger partial charge in [-0.05, 0) is 59.2 Å². The van der Waals surface area contributed by atoms with Crippen molar-refractivity contribution in [3.63, 3.8) is 0 Å². The Labute approximate surface area is 127 Å². The molecule has 1 saturated heterocycles. The van der Waals surface area contributed by atoms with Crippen LogP contribution in [0.1, 0.15) is 22.1 Å². The molecule has 19 heavy (non-hydrogen) atoms. The van der Waals surface area contributed by atoms with Crippen molar-refractivity contribution >= 4 is 11.9 Å². The second-order valence-corrected chi connectivity index (χ2v) is 2.96. The zero-order valence-electron chi connectivity index (χ0n) is 9.59. The average molecular weight is 266 g/mol. The molecule has 0 spiro atoms. The minimum atomic E-state index is -0.728. The summed E-state index contributed by atoms with van der Waals surface area (Å²) >= 11 is 0. The van der Waals surface area contributed by atoms with E-state index in [-0.39, 0.29) is 22.1 Å². The minimum absolute atomic E-state index is 0. The Balaban J connectivity index is -0.0000000365. The molecule has 0 aromatic heterocycles. The van der Waals surface area contributed by atoms with E-state index in [1.165, 1.54) is 0 Å². The molecule has 3 nitrogen and oxygen atoms in total. The lowest BCUT2D eigenvalue weighted by molar-refractivity contribution is -0.152. The Morgan fingerprint density at radius 3 is 1.95 bits per heavy atom. The summed E-state index contributed by atoms with van der Waals surface area (Å²) in [5.74, 6) is 24.3. The number of rotatable bonds is 0. The summed E-state index contributed by atoms with van der Waals surface area (Å²) in [7, 11) is 0. The molecule has 0 aliphatic carbocycles. The third kappa shape index (κ3) is 5.39. The monoisotopic (exact) mass is 266 g/mol. The summed E-state index contributed by atoms with van der Waals surface area (Å²) < 4.78 is 4.31. The quantitative estimate of drug-likeness (QED) is 0.384. The lowest BCUT2D eigenvalue weighted by Crippen LogP contribution is -2.04. The summed E-state index contributed by atoms with van der Waals surface area (Å²) in [5, 5.41) is 0. The predicted octanol–water partition coefficient (Wildman–Crippen LogP) is 2.43. The van der Waals surface area contributed by atoms with Crippen LogP contribution in [-0.2, 0) is 14.3 Å². The van der Waals surface area contributed by atoms with Crippen LogP contribution in [0.4, 0.5) is 0 Å². The van der Waals surface area contributed by atoms with E-state index in [0.717, 1.165) is 0 Å². The maximum Gasteiger partial charge on any atom is 0.329 e. The number of carbonyl (C=O) groups is 2. The molecule has 0 amide bonds. The zero-order chi connectivity index (χ0) is 13.9. The van der Waals surface area contributed by atoms with Gasteiger partial charge in [-0.1, -0.05) is 5.92 Å². The highest BCUT2D eigenvalue weighted by atomic mass is 16.6. The van der Waals surface area contributed by atoms with Gasteiger partial charge in [0.25, 0.3) is 0 Å². The first kappa shape index (κ1) is 13.6. The Bertz CT molecular complexity index is 779. The van der Waals surface area contributed by atoms with Crippen molar-refractivity contribution < 1.29 is 30.0 Å². The Hall–Kier alpha value is -3.50. The SMILES string of the molecule is C#CC#CC#CC#CC#CC#CC1CC(=O)OC1=O.[HH].[HH].[HH].[HH].[HH].[HH].[HH].[HH].[HH].[HH].[HH]. The van der Waals surface area contributed by atoms with Crippen LogP contribution in [0.25, 0.3) is 0 Å². The number of terminal acetylenes is 1. The fraction of sp³-hybridized carbons (Fsp3) is 0.125. The Morgan fingerprint density at radius 1 is 0.947 bits per heavy atom. The number of ether oxygens (including phenoxy) is 1. The molecule has 1 fully saturated rings.